The first-order valence-corrected chi connectivity index (χ1v) is 7.39. The SMILES string of the molecule is CNC1(C(N)=O)CCC(n2cnc3cc(C)c(C)cc32)C1. The van der Waals surface area contributed by atoms with E-state index < -0.39 is 5.54 Å². The van der Waals surface area contributed by atoms with Gasteiger partial charge in [0.2, 0.25) is 5.91 Å². The summed E-state index contributed by atoms with van der Waals surface area (Å²) in [4.78, 5) is 16.3. The minimum Gasteiger partial charge on any atom is -0.368 e. The van der Waals surface area contributed by atoms with Crippen LogP contribution in [0.25, 0.3) is 11.0 Å². The van der Waals surface area contributed by atoms with Crippen LogP contribution in [-0.4, -0.2) is 28.0 Å². The maximum Gasteiger partial charge on any atom is 0.237 e. The van der Waals surface area contributed by atoms with Gasteiger partial charge in [-0.3, -0.25) is 4.79 Å². The van der Waals surface area contributed by atoms with Crippen molar-refractivity contribution in [3.63, 3.8) is 0 Å². The Hall–Kier alpha value is -1.88. The lowest BCUT2D eigenvalue weighted by Crippen LogP contribution is -2.52. The van der Waals surface area contributed by atoms with Gasteiger partial charge in [0.05, 0.1) is 22.9 Å². The molecule has 112 valence electrons. The fraction of sp³-hybridized carbons (Fsp3) is 0.500. The summed E-state index contributed by atoms with van der Waals surface area (Å²) < 4.78 is 2.20. The lowest BCUT2D eigenvalue weighted by atomic mass is 9.97. The molecule has 5 heteroatoms. The molecule has 5 nitrogen and oxygen atoms in total. The number of primary amides is 1. The number of imidazole rings is 1. The third-order valence-corrected chi connectivity index (χ3v) is 5.02. The predicted molar refractivity (Wildman–Crippen MR) is 83.1 cm³/mol. The average molecular weight is 286 g/mol. The Labute approximate surface area is 124 Å². The number of carbonyl (C=O) groups is 1. The second-order valence-electron chi connectivity index (χ2n) is 6.17. The number of benzene rings is 1. The van der Waals surface area contributed by atoms with Crippen LogP contribution >= 0.6 is 0 Å². The highest BCUT2D eigenvalue weighted by molar-refractivity contribution is 5.85. The molecule has 1 saturated carbocycles. The van der Waals surface area contributed by atoms with Crippen molar-refractivity contribution in [2.45, 2.75) is 44.7 Å². The van der Waals surface area contributed by atoms with Gasteiger partial charge in [0.25, 0.3) is 0 Å². The molecule has 1 fully saturated rings. The summed E-state index contributed by atoms with van der Waals surface area (Å²) >= 11 is 0. The number of likely N-dealkylation sites (N-methyl/N-ethyl adjacent to an activating group) is 1. The maximum atomic E-state index is 11.8. The molecule has 1 heterocycles. The van der Waals surface area contributed by atoms with Gasteiger partial charge in [-0.1, -0.05) is 0 Å². The Bertz CT molecular complexity index is 706. The van der Waals surface area contributed by atoms with Gasteiger partial charge in [-0.05, 0) is 63.4 Å². The van der Waals surface area contributed by atoms with Crippen molar-refractivity contribution in [3.8, 4) is 0 Å². The Kier molecular flexibility index (Phi) is 3.24. The molecule has 2 unspecified atom stereocenters. The molecule has 0 spiro atoms. The predicted octanol–water partition coefficient (Wildman–Crippen LogP) is 1.82. The summed E-state index contributed by atoms with van der Waals surface area (Å²) in [6.45, 7) is 4.21. The van der Waals surface area contributed by atoms with E-state index in [2.05, 4.69) is 40.8 Å². The average Bonchev–Trinajstić information content (AvgIpc) is 3.04. The molecule has 2 aromatic rings. The van der Waals surface area contributed by atoms with Gasteiger partial charge in [-0.25, -0.2) is 4.98 Å². The van der Waals surface area contributed by atoms with Crippen molar-refractivity contribution >= 4 is 16.9 Å². The van der Waals surface area contributed by atoms with E-state index in [9.17, 15) is 4.79 Å². The molecular weight excluding hydrogens is 264 g/mol. The monoisotopic (exact) mass is 286 g/mol. The van der Waals surface area contributed by atoms with E-state index in [1.54, 1.807) is 0 Å². The fourth-order valence-corrected chi connectivity index (χ4v) is 3.40. The van der Waals surface area contributed by atoms with Crippen LogP contribution in [0.1, 0.15) is 36.4 Å². The highest BCUT2D eigenvalue weighted by Crippen LogP contribution is 2.39. The van der Waals surface area contributed by atoms with E-state index in [-0.39, 0.29) is 11.9 Å². The molecule has 0 radical (unpaired) electrons. The van der Waals surface area contributed by atoms with Crippen molar-refractivity contribution in [3.05, 3.63) is 29.6 Å². The topological polar surface area (TPSA) is 72.9 Å². The minimum absolute atomic E-state index is 0.260. The highest BCUT2D eigenvalue weighted by Gasteiger charge is 2.43. The molecule has 1 amide bonds. The molecule has 0 bridgehead atoms. The van der Waals surface area contributed by atoms with Crippen molar-refractivity contribution in [2.24, 2.45) is 5.73 Å². The van der Waals surface area contributed by atoms with Crippen molar-refractivity contribution < 1.29 is 4.79 Å². The number of nitrogens with zero attached hydrogens (tertiary/aromatic N) is 2. The van der Waals surface area contributed by atoms with Gasteiger partial charge >= 0.3 is 0 Å². The zero-order valence-corrected chi connectivity index (χ0v) is 12.8. The zero-order chi connectivity index (χ0) is 15.2. The summed E-state index contributed by atoms with van der Waals surface area (Å²) in [6.07, 6.45) is 4.31. The van der Waals surface area contributed by atoms with Crippen LogP contribution in [0.3, 0.4) is 0 Å². The lowest BCUT2D eigenvalue weighted by Gasteiger charge is -2.25. The molecule has 0 saturated heterocycles. The summed E-state index contributed by atoms with van der Waals surface area (Å²) in [6, 6.07) is 4.56. The normalized spacial score (nSPS) is 25.6. The van der Waals surface area contributed by atoms with Gasteiger partial charge in [-0.15, -0.1) is 0 Å². The Morgan fingerprint density at radius 1 is 1.43 bits per heavy atom. The van der Waals surface area contributed by atoms with Crippen molar-refractivity contribution in [1.82, 2.24) is 14.9 Å². The van der Waals surface area contributed by atoms with E-state index in [4.69, 9.17) is 5.73 Å². The van der Waals surface area contributed by atoms with Crippen LogP contribution in [0.4, 0.5) is 0 Å². The molecule has 0 aliphatic heterocycles. The summed E-state index contributed by atoms with van der Waals surface area (Å²) in [5.41, 5.74) is 9.67. The first-order chi connectivity index (χ1) is 9.97. The number of carbonyl (C=O) groups excluding carboxylic acids is 1. The zero-order valence-electron chi connectivity index (χ0n) is 12.8. The van der Waals surface area contributed by atoms with Gasteiger partial charge in [0.1, 0.15) is 0 Å². The number of hydrogen-bond acceptors (Lipinski definition) is 3. The second kappa shape index (κ2) is 4.84. The van der Waals surface area contributed by atoms with Gasteiger partial charge in [-0.2, -0.15) is 0 Å². The maximum absolute atomic E-state index is 11.8. The van der Waals surface area contributed by atoms with Crippen LogP contribution in [0.2, 0.25) is 0 Å². The number of nitrogens with two attached hydrogens (primary N) is 1. The number of amides is 1. The van der Waals surface area contributed by atoms with Gasteiger partial charge < -0.3 is 15.6 Å². The van der Waals surface area contributed by atoms with Crippen LogP contribution in [0, 0.1) is 13.8 Å². The molecule has 3 rings (SSSR count). The quantitative estimate of drug-likeness (QED) is 0.904. The van der Waals surface area contributed by atoms with E-state index in [1.165, 1.54) is 11.1 Å². The Morgan fingerprint density at radius 3 is 2.76 bits per heavy atom. The highest BCUT2D eigenvalue weighted by atomic mass is 16.1. The number of nitrogens with one attached hydrogen (secondary N) is 1. The number of fused-ring (bicyclic) bond motifs is 1. The molecule has 21 heavy (non-hydrogen) atoms. The summed E-state index contributed by atoms with van der Waals surface area (Å²) in [7, 11) is 1.81. The van der Waals surface area contributed by atoms with Crippen LogP contribution in [0.5, 0.6) is 0 Å². The Morgan fingerprint density at radius 2 is 2.14 bits per heavy atom. The molecular formula is C16H22N4O. The third-order valence-electron chi connectivity index (χ3n) is 5.02. The molecule has 1 aromatic heterocycles. The van der Waals surface area contributed by atoms with Crippen molar-refractivity contribution in [2.75, 3.05) is 7.05 Å². The van der Waals surface area contributed by atoms with E-state index in [0.717, 1.165) is 30.3 Å². The Balaban J connectivity index is 1.99. The molecule has 1 aliphatic rings. The van der Waals surface area contributed by atoms with E-state index >= 15 is 0 Å². The fourth-order valence-electron chi connectivity index (χ4n) is 3.40. The largest absolute Gasteiger partial charge is 0.368 e. The van der Waals surface area contributed by atoms with Gasteiger partial charge in [0.15, 0.2) is 0 Å². The number of aryl methyl sites for hydroxylation is 2. The smallest absolute Gasteiger partial charge is 0.237 e. The lowest BCUT2D eigenvalue weighted by molar-refractivity contribution is -0.124. The second-order valence-corrected chi connectivity index (χ2v) is 6.17. The van der Waals surface area contributed by atoms with Crippen LogP contribution in [0.15, 0.2) is 18.5 Å². The number of rotatable bonds is 3. The van der Waals surface area contributed by atoms with Gasteiger partial charge in [0, 0.05) is 6.04 Å². The number of aromatic nitrogens is 2. The third kappa shape index (κ3) is 2.12. The first kappa shape index (κ1) is 14.1. The number of hydrogen-bond donors (Lipinski definition) is 2. The van der Waals surface area contributed by atoms with Crippen LogP contribution < -0.4 is 11.1 Å². The minimum atomic E-state index is -0.582. The molecule has 2 atom stereocenters. The van der Waals surface area contributed by atoms with E-state index in [1.807, 2.05) is 13.4 Å². The standard InChI is InChI=1S/C16H22N4O/c1-10-6-13-14(7-11(10)2)20(9-19-13)12-4-5-16(8-12,18-3)15(17)21/h6-7,9,12,18H,4-5,8H2,1-3H3,(H2,17,21). The van der Waals surface area contributed by atoms with E-state index in [0.29, 0.717) is 0 Å². The van der Waals surface area contributed by atoms with Crippen LogP contribution in [-0.2, 0) is 4.79 Å². The molecule has 1 aliphatic carbocycles. The van der Waals surface area contributed by atoms with Crippen molar-refractivity contribution in [1.29, 1.82) is 0 Å². The summed E-state index contributed by atoms with van der Waals surface area (Å²) in [5.74, 6) is -0.260. The first-order valence-electron chi connectivity index (χ1n) is 7.39. The summed E-state index contributed by atoms with van der Waals surface area (Å²) in [5, 5.41) is 3.13. The molecule has 3 N–H and O–H groups in total. The molecule has 1 aromatic carbocycles.